The van der Waals surface area contributed by atoms with Crippen LogP contribution in [0.1, 0.15) is 12.6 Å². The molecule has 0 aliphatic heterocycles. The lowest BCUT2D eigenvalue weighted by molar-refractivity contribution is -0.127. The monoisotopic (exact) mass is 384 g/mol. The van der Waals surface area contributed by atoms with Crippen molar-refractivity contribution in [1.29, 1.82) is 0 Å². The van der Waals surface area contributed by atoms with Gasteiger partial charge in [-0.1, -0.05) is 12.1 Å². The lowest BCUT2D eigenvalue weighted by atomic mass is 10.3. The van der Waals surface area contributed by atoms with Gasteiger partial charge >= 0.3 is 0 Å². The van der Waals surface area contributed by atoms with Crippen LogP contribution < -0.4 is 15.4 Å². The highest BCUT2D eigenvalue weighted by molar-refractivity contribution is 5.80. The van der Waals surface area contributed by atoms with Crippen molar-refractivity contribution >= 4 is 11.7 Å². The third kappa shape index (κ3) is 5.03. The van der Waals surface area contributed by atoms with Crippen LogP contribution in [0.4, 0.5) is 10.2 Å². The van der Waals surface area contributed by atoms with Crippen molar-refractivity contribution in [3.63, 3.8) is 0 Å². The number of ether oxygens (including phenoxy) is 1. The van der Waals surface area contributed by atoms with Crippen LogP contribution >= 0.6 is 0 Å². The number of halogens is 1. The van der Waals surface area contributed by atoms with E-state index in [2.05, 4.69) is 25.7 Å². The zero-order valence-corrected chi connectivity index (χ0v) is 15.6. The molecule has 0 aliphatic carbocycles. The number of nitrogens with zero attached hydrogens (tertiary/aromatic N) is 4. The molecule has 8 nitrogen and oxygen atoms in total. The fourth-order valence-corrected chi connectivity index (χ4v) is 2.42. The molecule has 28 heavy (non-hydrogen) atoms. The third-order valence-corrected chi connectivity index (χ3v) is 3.85. The first kappa shape index (κ1) is 19.3. The molecule has 0 spiro atoms. The molecule has 3 rings (SSSR count). The minimum absolute atomic E-state index is 0.0469. The van der Waals surface area contributed by atoms with Crippen molar-refractivity contribution in [2.75, 3.05) is 18.4 Å². The van der Waals surface area contributed by atoms with E-state index in [1.165, 1.54) is 18.5 Å². The Morgan fingerprint density at radius 1 is 1.25 bits per heavy atom. The first-order chi connectivity index (χ1) is 13.5. The van der Waals surface area contributed by atoms with Gasteiger partial charge in [0, 0.05) is 25.4 Å². The number of carbonyl (C=O) groups is 1. The summed E-state index contributed by atoms with van der Waals surface area (Å²) in [5.41, 5.74) is 0.891. The lowest BCUT2D eigenvalue weighted by Gasteiger charge is -2.15. The second-order valence-electron chi connectivity index (χ2n) is 6.07. The van der Waals surface area contributed by atoms with Crippen molar-refractivity contribution in [2.45, 2.75) is 20.0 Å². The fourth-order valence-electron chi connectivity index (χ4n) is 2.42. The molecule has 2 aromatic heterocycles. The second-order valence-corrected chi connectivity index (χ2v) is 6.07. The number of rotatable bonds is 8. The van der Waals surface area contributed by atoms with Gasteiger partial charge in [0.2, 0.25) is 0 Å². The van der Waals surface area contributed by atoms with Gasteiger partial charge in [-0.15, -0.1) is 0 Å². The summed E-state index contributed by atoms with van der Waals surface area (Å²) < 4.78 is 20.6. The molecule has 9 heteroatoms. The lowest BCUT2D eigenvalue weighted by Crippen LogP contribution is -2.38. The molecule has 0 fully saturated rings. The number of amides is 1. The Balaban J connectivity index is 1.45. The van der Waals surface area contributed by atoms with E-state index in [1.807, 2.05) is 19.2 Å². The average molecular weight is 384 g/mol. The fraction of sp³-hybridized carbons (Fsp3) is 0.263. The standard InChI is InChI=1S/C19H21FN6O2/c1-13-7-10-26(25-13)18-11-17(23-12-24-18)21-8-9-22-19(27)14(2)28-16-6-4-3-5-15(16)20/h3-7,10-12,14H,8-9H2,1-2H3,(H,22,27)(H,21,23,24). The van der Waals surface area contributed by atoms with Crippen LogP contribution in [-0.4, -0.2) is 44.8 Å². The summed E-state index contributed by atoms with van der Waals surface area (Å²) in [6.45, 7) is 4.27. The molecular weight excluding hydrogens is 363 g/mol. The summed E-state index contributed by atoms with van der Waals surface area (Å²) in [6, 6.07) is 9.62. The molecule has 0 saturated carbocycles. The molecule has 1 unspecified atom stereocenters. The van der Waals surface area contributed by atoms with Crippen molar-refractivity contribution in [2.24, 2.45) is 0 Å². The van der Waals surface area contributed by atoms with E-state index in [4.69, 9.17) is 4.74 Å². The predicted octanol–water partition coefficient (Wildman–Crippen LogP) is 2.11. The van der Waals surface area contributed by atoms with E-state index in [0.29, 0.717) is 24.7 Å². The predicted molar refractivity (Wildman–Crippen MR) is 102 cm³/mol. The molecule has 3 aromatic rings. The van der Waals surface area contributed by atoms with Crippen molar-refractivity contribution < 1.29 is 13.9 Å². The van der Waals surface area contributed by atoms with E-state index >= 15 is 0 Å². The van der Waals surface area contributed by atoms with Crippen molar-refractivity contribution in [1.82, 2.24) is 25.1 Å². The summed E-state index contributed by atoms with van der Waals surface area (Å²) in [5, 5.41) is 10.1. The normalized spacial score (nSPS) is 11.7. The zero-order chi connectivity index (χ0) is 19.9. The maximum absolute atomic E-state index is 13.6. The largest absolute Gasteiger partial charge is 0.478 e. The van der Waals surface area contributed by atoms with Gasteiger partial charge in [0.15, 0.2) is 23.5 Å². The SMILES string of the molecule is Cc1ccn(-c2cc(NCCNC(=O)C(C)Oc3ccccc3F)ncn2)n1. The number of benzene rings is 1. The number of nitrogens with one attached hydrogen (secondary N) is 2. The van der Waals surface area contributed by atoms with Crippen LogP contribution in [0.5, 0.6) is 5.75 Å². The summed E-state index contributed by atoms with van der Waals surface area (Å²) in [4.78, 5) is 20.4. The smallest absolute Gasteiger partial charge is 0.260 e. The van der Waals surface area contributed by atoms with Crippen LogP contribution in [-0.2, 0) is 4.79 Å². The number of aryl methyl sites for hydroxylation is 1. The summed E-state index contributed by atoms with van der Waals surface area (Å²) in [7, 11) is 0. The summed E-state index contributed by atoms with van der Waals surface area (Å²) >= 11 is 0. The highest BCUT2D eigenvalue weighted by atomic mass is 19.1. The maximum Gasteiger partial charge on any atom is 0.260 e. The molecule has 146 valence electrons. The van der Waals surface area contributed by atoms with E-state index < -0.39 is 11.9 Å². The van der Waals surface area contributed by atoms with Gasteiger partial charge in [0.1, 0.15) is 12.1 Å². The van der Waals surface area contributed by atoms with E-state index in [9.17, 15) is 9.18 Å². The number of anilines is 1. The molecule has 1 amide bonds. The van der Waals surface area contributed by atoms with Gasteiger partial charge in [-0.2, -0.15) is 5.10 Å². The summed E-state index contributed by atoms with van der Waals surface area (Å²) in [6.07, 6.45) is 2.45. The Hall–Kier alpha value is -3.49. The second kappa shape index (κ2) is 8.94. The highest BCUT2D eigenvalue weighted by Crippen LogP contribution is 2.17. The molecule has 2 N–H and O–H groups in total. The van der Waals surface area contributed by atoms with E-state index in [0.717, 1.165) is 5.69 Å². The molecule has 0 aliphatic rings. The summed E-state index contributed by atoms with van der Waals surface area (Å²) in [5.74, 6) is 0.464. The van der Waals surface area contributed by atoms with Crippen LogP contribution in [0.25, 0.3) is 5.82 Å². The van der Waals surface area contributed by atoms with Crippen molar-refractivity contribution in [3.05, 3.63) is 60.4 Å². The van der Waals surface area contributed by atoms with Gasteiger partial charge < -0.3 is 15.4 Å². The van der Waals surface area contributed by atoms with Gasteiger partial charge in [-0.3, -0.25) is 4.79 Å². The van der Waals surface area contributed by atoms with Crippen LogP contribution in [0.2, 0.25) is 0 Å². The molecule has 0 radical (unpaired) electrons. The molecule has 2 heterocycles. The zero-order valence-electron chi connectivity index (χ0n) is 15.6. The third-order valence-electron chi connectivity index (χ3n) is 3.85. The van der Waals surface area contributed by atoms with Gasteiger partial charge in [-0.25, -0.2) is 19.0 Å². The Bertz CT molecular complexity index is 945. The number of carbonyl (C=O) groups excluding carboxylic acids is 1. The number of hydrogen-bond donors (Lipinski definition) is 2. The molecule has 0 bridgehead atoms. The highest BCUT2D eigenvalue weighted by Gasteiger charge is 2.15. The molecule has 1 aromatic carbocycles. The molecular formula is C19H21FN6O2. The first-order valence-corrected chi connectivity index (χ1v) is 8.80. The number of hydrogen-bond acceptors (Lipinski definition) is 6. The van der Waals surface area contributed by atoms with Gasteiger partial charge in [0.05, 0.1) is 5.69 Å². The molecule has 0 saturated heterocycles. The first-order valence-electron chi connectivity index (χ1n) is 8.80. The quantitative estimate of drug-likeness (QED) is 0.578. The Morgan fingerprint density at radius 2 is 2.07 bits per heavy atom. The van der Waals surface area contributed by atoms with E-state index in [-0.39, 0.29) is 11.7 Å². The topological polar surface area (TPSA) is 94.0 Å². The Kier molecular flexibility index (Phi) is 6.15. The Labute approximate surface area is 161 Å². The Morgan fingerprint density at radius 3 is 2.82 bits per heavy atom. The molecule has 1 atom stereocenters. The van der Waals surface area contributed by atoms with E-state index in [1.54, 1.807) is 29.8 Å². The minimum atomic E-state index is -0.814. The average Bonchev–Trinajstić information content (AvgIpc) is 3.13. The van der Waals surface area contributed by atoms with Gasteiger partial charge in [0.25, 0.3) is 5.91 Å². The number of para-hydroxylation sites is 1. The van der Waals surface area contributed by atoms with Crippen LogP contribution in [0.3, 0.4) is 0 Å². The maximum atomic E-state index is 13.6. The van der Waals surface area contributed by atoms with Crippen LogP contribution in [0, 0.1) is 12.7 Å². The number of aromatic nitrogens is 4. The minimum Gasteiger partial charge on any atom is -0.478 e. The van der Waals surface area contributed by atoms with Crippen LogP contribution in [0.15, 0.2) is 48.9 Å². The van der Waals surface area contributed by atoms with Crippen molar-refractivity contribution in [3.8, 4) is 11.6 Å². The van der Waals surface area contributed by atoms with Gasteiger partial charge in [-0.05, 0) is 32.0 Å².